The highest BCUT2D eigenvalue weighted by molar-refractivity contribution is 9.10. The molecule has 0 spiro atoms. The van der Waals surface area contributed by atoms with Crippen LogP contribution in [0.2, 0.25) is 0 Å². The average molecular weight is 211 g/mol. The summed E-state index contributed by atoms with van der Waals surface area (Å²) in [6, 6.07) is 3.47. The van der Waals surface area contributed by atoms with Crippen LogP contribution in [0.1, 0.15) is 12.5 Å². The molecule has 1 N–H and O–H groups in total. The van der Waals surface area contributed by atoms with E-state index in [9.17, 15) is 5.11 Å². The number of hydrogen-bond acceptors (Lipinski definition) is 1. The fourth-order valence-electron chi connectivity index (χ4n) is 0.949. The van der Waals surface area contributed by atoms with Crippen LogP contribution in [0.15, 0.2) is 16.6 Å². The van der Waals surface area contributed by atoms with Crippen LogP contribution >= 0.6 is 15.9 Å². The molecule has 1 aromatic carbocycles. The van der Waals surface area contributed by atoms with Crippen LogP contribution in [0.25, 0.3) is 0 Å². The van der Waals surface area contributed by atoms with Gasteiger partial charge >= 0.3 is 0 Å². The molecule has 0 unspecified atom stereocenters. The van der Waals surface area contributed by atoms with Crippen LogP contribution in [0.3, 0.4) is 0 Å². The molecular weight excluding hydrogens is 203 g/mol. The van der Waals surface area contributed by atoms with Gasteiger partial charge in [0.15, 0.2) is 0 Å². The Balaban J connectivity index is 3.24. The molecule has 1 rings (SSSR count). The lowest BCUT2D eigenvalue weighted by atomic mass is 9.93. The molecule has 0 heterocycles. The summed E-state index contributed by atoms with van der Waals surface area (Å²) >= 11 is 3.21. The molecule has 0 aliphatic heterocycles. The number of phenolic OH excluding ortho intramolecular Hbond substituents is 1. The van der Waals surface area contributed by atoms with E-state index in [1.54, 1.807) is 12.1 Å². The predicted octanol–water partition coefficient (Wildman–Crippen LogP) is 1.51. The molecule has 0 amide bonds. The first-order valence-corrected chi connectivity index (χ1v) is 4.21. The van der Waals surface area contributed by atoms with E-state index in [1.165, 1.54) is 0 Å². The number of aryl methyl sites for hydroxylation is 1. The summed E-state index contributed by atoms with van der Waals surface area (Å²) in [6.07, 6.45) is 0.787. The lowest BCUT2D eigenvalue weighted by Gasteiger charge is -2.04. The molecule has 0 bridgehead atoms. The fraction of sp³-hybridized carbons (Fsp3) is 0.250. The van der Waals surface area contributed by atoms with E-state index in [0.29, 0.717) is 15.7 Å². The van der Waals surface area contributed by atoms with Crippen molar-refractivity contribution in [3.8, 4) is 5.75 Å². The Kier molecular flexibility index (Phi) is 2.60. The van der Waals surface area contributed by atoms with Gasteiger partial charge in [-0.1, -0.05) is 24.5 Å². The summed E-state index contributed by atoms with van der Waals surface area (Å²) in [5, 5.41) is 9.42. The van der Waals surface area contributed by atoms with E-state index >= 15 is 0 Å². The number of halogens is 1. The van der Waals surface area contributed by atoms with Crippen LogP contribution in [0.5, 0.6) is 5.75 Å². The minimum absolute atomic E-state index is 0.293. The van der Waals surface area contributed by atoms with E-state index in [0.717, 1.165) is 12.0 Å². The Morgan fingerprint density at radius 2 is 2.18 bits per heavy atom. The van der Waals surface area contributed by atoms with Crippen molar-refractivity contribution in [1.29, 1.82) is 0 Å². The van der Waals surface area contributed by atoms with E-state index in [2.05, 4.69) is 15.9 Å². The molecule has 56 valence electrons. The van der Waals surface area contributed by atoms with Gasteiger partial charge in [0, 0.05) is 0 Å². The van der Waals surface area contributed by atoms with Gasteiger partial charge in [-0.3, -0.25) is 0 Å². The second-order valence-electron chi connectivity index (χ2n) is 2.36. The van der Waals surface area contributed by atoms with Gasteiger partial charge in [-0.25, -0.2) is 0 Å². The zero-order valence-electron chi connectivity index (χ0n) is 6.26. The fourth-order valence-corrected chi connectivity index (χ4v) is 1.47. The zero-order valence-corrected chi connectivity index (χ0v) is 7.85. The molecule has 1 aromatic rings. The van der Waals surface area contributed by atoms with Crippen molar-refractivity contribution >= 4 is 29.2 Å². The highest BCUT2D eigenvalue weighted by Crippen LogP contribution is 2.26. The molecule has 3 heteroatoms. The Morgan fingerprint density at radius 1 is 1.55 bits per heavy atom. The summed E-state index contributed by atoms with van der Waals surface area (Å²) < 4.78 is 0.661. The first kappa shape index (κ1) is 8.66. The Bertz CT molecular complexity index is 273. The van der Waals surface area contributed by atoms with E-state index in [4.69, 9.17) is 7.85 Å². The maximum absolute atomic E-state index is 9.42. The smallest absolute Gasteiger partial charge is 0.132 e. The van der Waals surface area contributed by atoms with Gasteiger partial charge in [0.2, 0.25) is 0 Å². The van der Waals surface area contributed by atoms with Gasteiger partial charge in [0.05, 0.1) is 4.47 Å². The minimum atomic E-state index is 0.293. The van der Waals surface area contributed by atoms with Crippen molar-refractivity contribution in [3.63, 3.8) is 0 Å². The largest absolute Gasteiger partial charge is 0.506 e. The van der Waals surface area contributed by atoms with Crippen LogP contribution in [-0.2, 0) is 6.42 Å². The Hall–Kier alpha value is -0.435. The molecule has 2 radical (unpaired) electrons. The number of phenols is 1. The topological polar surface area (TPSA) is 20.2 Å². The summed E-state index contributed by atoms with van der Waals surface area (Å²) in [4.78, 5) is 0. The third kappa shape index (κ3) is 1.77. The van der Waals surface area contributed by atoms with E-state index in [-0.39, 0.29) is 0 Å². The molecule has 11 heavy (non-hydrogen) atoms. The van der Waals surface area contributed by atoms with Crippen LogP contribution in [0.4, 0.5) is 0 Å². The monoisotopic (exact) mass is 210 g/mol. The molecule has 0 atom stereocenters. The van der Waals surface area contributed by atoms with Gasteiger partial charge in [-0.05, 0) is 27.9 Å². The minimum Gasteiger partial charge on any atom is -0.506 e. The molecule has 0 aliphatic rings. The quantitative estimate of drug-likeness (QED) is 0.697. The Labute approximate surface area is 76.0 Å². The summed E-state index contributed by atoms with van der Waals surface area (Å²) in [5.74, 6) is 0.293. The lowest BCUT2D eigenvalue weighted by Crippen LogP contribution is -2.03. The SMILES string of the molecule is [B]c1cc(Br)c(O)c(CC)c1. The van der Waals surface area contributed by atoms with Crippen molar-refractivity contribution in [3.05, 3.63) is 22.2 Å². The van der Waals surface area contributed by atoms with E-state index in [1.807, 2.05) is 6.92 Å². The summed E-state index contributed by atoms with van der Waals surface area (Å²) in [6.45, 7) is 1.97. The maximum Gasteiger partial charge on any atom is 0.132 e. The summed E-state index contributed by atoms with van der Waals surface area (Å²) in [7, 11) is 5.56. The maximum atomic E-state index is 9.42. The molecule has 0 saturated heterocycles. The third-order valence-corrected chi connectivity index (χ3v) is 2.15. The number of hydrogen-bond donors (Lipinski definition) is 1. The van der Waals surface area contributed by atoms with Crippen molar-refractivity contribution in [2.75, 3.05) is 0 Å². The van der Waals surface area contributed by atoms with Gasteiger partial charge in [-0.15, -0.1) is 0 Å². The van der Waals surface area contributed by atoms with Crippen molar-refractivity contribution in [1.82, 2.24) is 0 Å². The van der Waals surface area contributed by atoms with Gasteiger partial charge < -0.3 is 5.11 Å². The predicted molar refractivity (Wildman–Crippen MR) is 50.6 cm³/mol. The Morgan fingerprint density at radius 3 is 2.73 bits per heavy atom. The van der Waals surface area contributed by atoms with Crippen LogP contribution in [-0.4, -0.2) is 13.0 Å². The zero-order chi connectivity index (χ0) is 8.43. The van der Waals surface area contributed by atoms with E-state index < -0.39 is 0 Å². The first-order chi connectivity index (χ1) is 5.15. The number of rotatable bonds is 1. The second-order valence-corrected chi connectivity index (χ2v) is 3.22. The number of aromatic hydroxyl groups is 1. The first-order valence-electron chi connectivity index (χ1n) is 3.42. The summed E-state index contributed by atoms with van der Waals surface area (Å²) in [5.41, 5.74) is 1.54. The molecular formula is C8H8BBrO. The highest BCUT2D eigenvalue weighted by Gasteiger charge is 2.03. The van der Waals surface area contributed by atoms with Crippen molar-refractivity contribution in [2.24, 2.45) is 0 Å². The highest BCUT2D eigenvalue weighted by atomic mass is 79.9. The average Bonchev–Trinajstić information content (AvgIpc) is 1.96. The van der Waals surface area contributed by atoms with Crippen LogP contribution in [0, 0.1) is 0 Å². The van der Waals surface area contributed by atoms with Crippen LogP contribution < -0.4 is 5.46 Å². The van der Waals surface area contributed by atoms with Crippen molar-refractivity contribution < 1.29 is 5.11 Å². The van der Waals surface area contributed by atoms with Gasteiger partial charge in [-0.2, -0.15) is 0 Å². The second kappa shape index (κ2) is 3.31. The van der Waals surface area contributed by atoms with Gasteiger partial charge in [0.1, 0.15) is 13.6 Å². The molecule has 0 saturated carbocycles. The third-order valence-electron chi connectivity index (χ3n) is 1.55. The molecule has 0 aliphatic carbocycles. The number of benzene rings is 1. The van der Waals surface area contributed by atoms with Gasteiger partial charge in [0.25, 0.3) is 0 Å². The normalized spacial score (nSPS) is 10.0. The molecule has 1 nitrogen and oxygen atoms in total. The van der Waals surface area contributed by atoms with Crippen molar-refractivity contribution in [2.45, 2.75) is 13.3 Å². The molecule has 0 aromatic heterocycles. The lowest BCUT2D eigenvalue weighted by molar-refractivity contribution is 0.465. The standard InChI is InChI=1S/C8H8BBrO/c1-2-5-3-6(9)4-7(10)8(5)11/h3-4,11H,2H2,1H3. The molecule has 0 fully saturated rings.